The molecule has 0 amide bonds. The standard InChI is InChI=1S/C16H14ClF3/c1-9-6-12(8-13(7-9)16(18,19)20)15-10(2)4-5-14(17)11(15)3/h4-8H,1-3H3. The van der Waals surface area contributed by atoms with Crippen LogP contribution in [0.3, 0.4) is 0 Å². The van der Waals surface area contributed by atoms with E-state index >= 15 is 0 Å². The zero-order valence-corrected chi connectivity index (χ0v) is 12.2. The van der Waals surface area contributed by atoms with Gasteiger partial charge >= 0.3 is 6.18 Å². The quantitative estimate of drug-likeness (QED) is 0.610. The van der Waals surface area contributed by atoms with Gasteiger partial charge in [0.25, 0.3) is 0 Å². The van der Waals surface area contributed by atoms with Gasteiger partial charge in [-0.1, -0.05) is 23.7 Å². The number of rotatable bonds is 1. The lowest BCUT2D eigenvalue weighted by Crippen LogP contribution is -2.05. The van der Waals surface area contributed by atoms with E-state index in [2.05, 4.69) is 0 Å². The van der Waals surface area contributed by atoms with Crippen molar-refractivity contribution in [2.24, 2.45) is 0 Å². The third-order valence-electron chi connectivity index (χ3n) is 3.30. The zero-order chi connectivity index (χ0) is 15.1. The van der Waals surface area contributed by atoms with Crippen LogP contribution in [0.2, 0.25) is 5.02 Å². The minimum Gasteiger partial charge on any atom is -0.166 e. The van der Waals surface area contributed by atoms with Gasteiger partial charge in [0, 0.05) is 5.02 Å². The third kappa shape index (κ3) is 2.83. The summed E-state index contributed by atoms with van der Waals surface area (Å²) in [5.41, 5.74) is 2.97. The van der Waals surface area contributed by atoms with Crippen molar-refractivity contribution in [3.8, 4) is 11.1 Å². The van der Waals surface area contributed by atoms with Crippen LogP contribution in [0, 0.1) is 20.8 Å². The van der Waals surface area contributed by atoms with Gasteiger partial charge in [-0.05, 0) is 66.8 Å². The van der Waals surface area contributed by atoms with Crippen molar-refractivity contribution >= 4 is 11.6 Å². The van der Waals surface area contributed by atoms with E-state index in [1.165, 1.54) is 6.07 Å². The second-order valence-corrected chi connectivity index (χ2v) is 5.36. The molecular formula is C16H14ClF3. The van der Waals surface area contributed by atoms with Gasteiger partial charge in [0.15, 0.2) is 0 Å². The molecule has 106 valence electrons. The Morgan fingerprint density at radius 3 is 2.20 bits per heavy atom. The van der Waals surface area contributed by atoms with E-state index in [0.29, 0.717) is 16.1 Å². The fourth-order valence-corrected chi connectivity index (χ4v) is 2.51. The molecule has 0 bridgehead atoms. The third-order valence-corrected chi connectivity index (χ3v) is 3.71. The maximum atomic E-state index is 12.9. The van der Waals surface area contributed by atoms with Gasteiger partial charge in [-0.2, -0.15) is 13.2 Å². The largest absolute Gasteiger partial charge is 0.416 e. The van der Waals surface area contributed by atoms with Gasteiger partial charge in [-0.3, -0.25) is 0 Å². The smallest absolute Gasteiger partial charge is 0.166 e. The van der Waals surface area contributed by atoms with Crippen molar-refractivity contribution in [3.05, 3.63) is 57.6 Å². The second-order valence-electron chi connectivity index (χ2n) is 4.95. The molecule has 0 saturated carbocycles. The summed E-state index contributed by atoms with van der Waals surface area (Å²) in [6.07, 6.45) is -4.35. The average Bonchev–Trinajstić information content (AvgIpc) is 2.33. The summed E-state index contributed by atoms with van der Waals surface area (Å²) in [7, 11) is 0. The SMILES string of the molecule is Cc1cc(-c2c(C)ccc(Cl)c2C)cc(C(F)(F)F)c1. The molecule has 0 atom stereocenters. The highest BCUT2D eigenvalue weighted by atomic mass is 35.5. The fraction of sp³-hybridized carbons (Fsp3) is 0.250. The van der Waals surface area contributed by atoms with Crippen molar-refractivity contribution in [2.45, 2.75) is 26.9 Å². The number of hydrogen-bond donors (Lipinski definition) is 0. The summed E-state index contributed by atoms with van der Waals surface area (Å²) < 4.78 is 38.8. The topological polar surface area (TPSA) is 0 Å². The number of alkyl halides is 3. The van der Waals surface area contributed by atoms with Gasteiger partial charge in [-0.25, -0.2) is 0 Å². The van der Waals surface area contributed by atoms with Crippen LogP contribution >= 0.6 is 11.6 Å². The molecule has 20 heavy (non-hydrogen) atoms. The van der Waals surface area contributed by atoms with Gasteiger partial charge in [-0.15, -0.1) is 0 Å². The first-order valence-corrected chi connectivity index (χ1v) is 6.53. The Kier molecular flexibility index (Phi) is 3.83. The van der Waals surface area contributed by atoms with Crippen LogP contribution < -0.4 is 0 Å². The van der Waals surface area contributed by atoms with E-state index in [1.54, 1.807) is 19.1 Å². The summed E-state index contributed by atoms with van der Waals surface area (Å²) in [6.45, 7) is 5.35. The minimum absolute atomic E-state index is 0.551. The maximum Gasteiger partial charge on any atom is 0.416 e. The number of halogens is 4. The Balaban J connectivity index is 2.71. The van der Waals surface area contributed by atoms with Crippen LogP contribution in [-0.4, -0.2) is 0 Å². The van der Waals surface area contributed by atoms with Crippen LogP contribution in [-0.2, 0) is 6.18 Å². The highest BCUT2D eigenvalue weighted by molar-refractivity contribution is 6.31. The molecule has 0 fully saturated rings. The predicted octanol–water partition coefficient (Wildman–Crippen LogP) is 5.95. The van der Waals surface area contributed by atoms with E-state index in [-0.39, 0.29) is 0 Å². The molecule has 2 aromatic carbocycles. The Labute approximate surface area is 121 Å². The molecule has 0 heterocycles. The van der Waals surface area contributed by atoms with E-state index in [0.717, 1.165) is 22.8 Å². The van der Waals surface area contributed by atoms with Crippen LogP contribution in [0.25, 0.3) is 11.1 Å². The van der Waals surface area contributed by atoms with Gasteiger partial charge in [0.2, 0.25) is 0 Å². The lowest BCUT2D eigenvalue weighted by atomic mass is 9.93. The lowest BCUT2D eigenvalue weighted by molar-refractivity contribution is -0.137. The van der Waals surface area contributed by atoms with E-state index < -0.39 is 11.7 Å². The zero-order valence-electron chi connectivity index (χ0n) is 11.4. The molecule has 0 radical (unpaired) electrons. The Bertz CT molecular complexity index is 658. The van der Waals surface area contributed by atoms with E-state index in [4.69, 9.17) is 11.6 Å². The summed E-state index contributed by atoms with van der Waals surface area (Å²) in [6, 6.07) is 7.66. The van der Waals surface area contributed by atoms with Gasteiger partial charge < -0.3 is 0 Å². The summed E-state index contributed by atoms with van der Waals surface area (Å²) in [4.78, 5) is 0. The van der Waals surface area contributed by atoms with Crippen LogP contribution in [0.1, 0.15) is 22.3 Å². The number of benzene rings is 2. The van der Waals surface area contributed by atoms with E-state index in [1.807, 2.05) is 19.9 Å². The Morgan fingerprint density at radius 2 is 1.60 bits per heavy atom. The normalized spacial score (nSPS) is 11.8. The molecule has 0 spiro atoms. The fourth-order valence-electron chi connectivity index (χ4n) is 2.36. The van der Waals surface area contributed by atoms with Crippen molar-refractivity contribution in [2.75, 3.05) is 0 Å². The molecule has 2 rings (SSSR count). The molecule has 4 heteroatoms. The van der Waals surface area contributed by atoms with Gasteiger partial charge in [0.1, 0.15) is 0 Å². The molecule has 0 saturated heterocycles. The monoisotopic (exact) mass is 298 g/mol. The molecule has 0 aliphatic carbocycles. The lowest BCUT2D eigenvalue weighted by Gasteiger charge is -2.15. The van der Waals surface area contributed by atoms with Crippen LogP contribution in [0.4, 0.5) is 13.2 Å². The summed E-state index contributed by atoms with van der Waals surface area (Å²) in [5.74, 6) is 0. The number of hydrogen-bond acceptors (Lipinski definition) is 0. The Morgan fingerprint density at radius 1 is 0.950 bits per heavy atom. The minimum atomic E-state index is -4.35. The summed E-state index contributed by atoms with van der Waals surface area (Å²) >= 11 is 6.08. The molecule has 0 unspecified atom stereocenters. The molecule has 0 aliphatic heterocycles. The first-order chi connectivity index (χ1) is 9.20. The van der Waals surface area contributed by atoms with Crippen molar-refractivity contribution in [1.82, 2.24) is 0 Å². The summed E-state index contributed by atoms with van der Waals surface area (Å²) in [5, 5.41) is 0.556. The molecule has 0 aromatic heterocycles. The van der Waals surface area contributed by atoms with E-state index in [9.17, 15) is 13.2 Å². The molecule has 0 nitrogen and oxygen atoms in total. The average molecular weight is 299 g/mol. The van der Waals surface area contributed by atoms with Crippen molar-refractivity contribution < 1.29 is 13.2 Å². The van der Waals surface area contributed by atoms with Gasteiger partial charge in [0.05, 0.1) is 5.56 Å². The van der Waals surface area contributed by atoms with Crippen molar-refractivity contribution in [3.63, 3.8) is 0 Å². The van der Waals surface area contributed by atoms with Crippen LogP contribution in [0.15, 0.2) is 30.3 Å². The first kappa shape index (κ1) is 14.9. The highest BCUT2D eigenvalue weighted by Crippen LogP contribution is 2.36. The number of aryl methyl sites for hydroxylation is 2. The second kappa shape index (κ2) is 5.13. The highest BCUT2D eigenvalue weighted by Gasteiger charge is 2.31. The molecule has 0 N–H and O–H groups in total. The maximum absolute atomic E-state index is 12.9. The Hall–Kier alpha value is -1.48. The van der Waals surface area contributed by atoms with Crippen LogP contribution in [0.5, 0.6) is 0 Å². The molecular weight excluding hydrogens is 285 g/mol. The first-order valence-electron chi connectivity index (χ1n) is 6.15. The molecule has 0 aliphatic rings. The molecule has 2 aromatic rings. The predicted molar refractivity (Wildman–Crippen MR) is 76.1 cm³/mol. The van der Waals surface area contributed by atoms with Crippen molar-refractivity contribution in [1.29, 1.82) is 0 Å².